The molecule has 1 aromatic rings. The maximum Gasteiger partial charge on any atom is 0.330 e. The fraction of sp³-hybridized carbons (Fsp3) is 0.312. The van der Waals surface area contributed by atoms with Crippen LogP contribution in [0.15, 0.2) is 30.3 Å². The minimum Gasteiger partial charge on any atom is -0.463 e. The average Bonchev–Trinajstić information content (AvgIpc) is 2.52. The van der Waals surface area contributed by atoms with Crippen molar-refractivity contribution in [2.75, 3.05) is 25.0 Å². The molecule has 0 aliphatic heterocycles. The van der Waals surface area contributed by atoms with Crippen LogP contribution in [0.4, 0.5) is 10.5 Å². The molecule has 0 aliphatic carbocycles. The van der Waals surface area contributed by atoms with Gasteiger partial charge < -0.3 is 15.4 Å². The van der Waals surface area contributed by atoms with Crippen LogP contribution in [0.2, 0.25) is 0 Å². The van der Waals surface area contributed by atoms with Crippen molar-refractivity contribution in [2.45, 2.75) is 13.8 Å². The van der Waals surface area contributed by atoms with Crippen molar-refractivity contribution in [3.05, 3.63) is 35.9 Å². The molecular formula is C16H21N3O4. The number of hydrogen-bond acceptors (Lipinski definition) is 5. The summed E-state index contributed by atoms with van der Waals surface area (Å²) in [4.78, 5) is 33.9. The maximum atomic E-state index is 11.5. The fourth-order valence-corrected chi connectivity index (χ4v) is 1.62. The van der Waals surface area contributed by atoms with Gasteiger partial charge in [-0.1, -0.05) is 12.1 Å². The summed E-state index contributed by atoms with van der Waals surface area (Å²) in [5, 5.41) is 7.56. The van der Waals surface area contributed by atoms with Crippen LogP contribution in [0.5, 0.6) is 0 Å². The zero-order valence-corrected chi connectivity index (χ0v) is 13.2. The number of anilines is 1. The van der Waals surface area contributed by atoms with Gasteiger partial charge in [0.15, 0.2) is 0 Å². The van der Waals surface area contributed by atoms with Gasteiger partial charge in [-0.25, -0.2) is 9.59 Å². The summed E-state index contributed by atoms with van der Waals surface area (Å²) in [6.07, 6.45) is 3.00. The first kappa shape index (κ1) is 18.2. The third-order valence-corrected chi connectivity index (χ3v) is 2.65. The van der Waals surface area contributed by atoms with Gasteiger partial charge in [-0.05, 0) is 37.6 Å². The van der Waals surface area contributed by atoms with Crippen LogP contribution in [-0.2, 0) is 14.3 Å². The van der Waals surface area contributed by atoms with Crippen LogP contribution in [-0.4, -0.2) is 37.6 Å². The molecule has 3 amide bonds. The fourth-order valence-electron chi connectivity index (χ4n) is 1.62. The second-order valence-corrected chi connectivity index (χ2v) is 4.47. The monoisotopic (exact) mass is 319 g/mol. The molecule has 0 radical (unpaired) electrons. The van der Waals surface area contributed by atoms with Crippen LogP contribution >= 0.6 is 0 Å². The largest absolute Gasteiger partial charge is 0.463 e. The number of ether oxygens (including phenoxy) is 1. The molecule has 7 nitrogen and oxygen atoms in total. The second-order valence-electron chi connectivity index (χ2n) is 4.47. The van der Waals surface area contributed by atoms with E-state index in [-0.39, 0.29) is 6.54 Å². The lowest BCUT2D eigenvalue weighted by molar-refractivity contribution is -0.137. The van der Waals surface area contributed by atoms with Crippen LogP contribution < -0.4 is 16.0 Å². The number of amides is 3. The highest BCUT2D eigenvalue weighted by Gasteiger charge is 2.05. The number of imide groups is 1. The van der Waals surface area contributed by atoms with E-state index in [0.29, 0.717) is 13.2 Å². The molecule has 124 valence electrons. The molecule has 0 aliphatic rings. The molecule has 1 rings (SSSR count). The Kier molecular flexibility index (Phi) is 7.91. The molecule has 0 fully saturated rings. The van der Waals surface area contributed by atoms with Crippen LogP contribution in [0.25, 0.3) is 6.08 Å². The normalized spacial score (nSPS) is 10.2. The molecule has 0 spiro atoms. The second kappa shape index (κ2) is 9.99. The lowest BCUT2D eigenvalue weighted by Gasteiger charge is -2.07. The summed E-state index contributed by atoms with van der Waals surface area (Å²) in [6, 6.07) is 6.60. The first-order valence-corrected chi connectivity index (χ1v) is 7.31. The number of rotatable bonds is 7. The number of carbonyl (C=O) groups excluding carboxylic acids is 3. The van der Waals surface area contributed by atoms with Crippen LogP contribution in [0.1, 0.15) is 19.4 Å². The molecule has 0 saturated heterocycles. The summed E-state index contributed by atoms with van der Waals surface area (Å²) < 4.78 is 4.79. The molecule has 0 heterocycles. The van der Waals surface area contributed by atoms with E-state index in [1.54, 1.807) is 44.2 Å². The molecule has 3 N–H and O–H groups in total. The SMILES string of the molecule is CCNC(=O)NC(=O)CNc1ccc(/C=C/C(=O)OCC)cc1. The van der Waals surface area contributed by atoms with E-state index in [0.717, 1.165) is 11.3 Å². The van der Waals surface area contributed by atoms with E-state index in [2.05, 4.69) is 16.0 Å². The minimum atomic E-state index is -0.515. The highest BCUT2D eigenvalue weighted by molar-refractivity contribution is 5.96. The molecule has 23 heavy (non-hydrogen) atoms. The lowest BCUT2D eigenvalue weighted by Crippen LogP contribution is -2.41. The zero-order valence-electron chi connectivity index (χ0n) is 13.2. The first-order chi connectivity index (χ1) is 11.0. The molecule has 0 aromatic heterocycles. The molecule has 0 atom stereocenters. The van der Waals surface area contributed by atoms with Gasteiger partial charge in [-0.2, -0.15) is 0 Å². The number of urea groups is 1. The van der Waals surface area contributed by atoms with Crippen molar-refractivity contribution in [3.63, 3.8) is 0 Å². The Balaban J connectivity index is 2.43. The Hall–Kier alpha value is -2.83. The van der Waals surface area contributed by atoms with Crippen molar-refractivity contribution < 1.29 is 19.1 Å². The highest BCUT2D eigenvalue weighted by atomic mass is 16.5. The number of carbonyl (C=O) groups is 3. The zero-order chi connectivity index (χ0) is 17.1. The third-order valence-electron chi connectivity index (χ3n) is 2.65. The van der Waals surface area contributed by atoms with Crippen molar-refractivity contribution in [3.8, 4) is 0 Å². The summed E-state index contributed by atoms with van der Waals surface area (Å²) in [6.45, 7) is 4.28. The Morgan fingerprint density at radius 2 is 1.83 bits per heavy atom. The van der Waals surface area contributed by atoms with Crippen molar-refractivity contribution >= 4 is 29.7 Å². The quantitative estimate of drug-likeness (QED) is 0.523. The highest BCUT2D eigenvalue weighted by Crippen LogP contribution is 2.10. The summed E-state index contributed by atoms with van der Waals surface area (Å²) >= 11 is 0. The molecular weight excluding hydrogens is 298 g/mol. The molecule has 0 unspecified atom stereocenters. The van der Waals surface area contributed by atoms with E-state index in [9.17, 15) is 14.4 Å². The molecule has 7 heteroatoms. The van der Waals surface area contributed by atoms with Gasteiger partial charge in [0.2, 0.25) is 5.91 Å². The Morgan fingerprint density at radius 1 is 1.13 bits per heavy atom. The number of hydrogen-bond donors (Lipinski definition) is 3. The molecule has 0 saturated carbocycles. The van der Waals surface area contributed by atoms with Crippen molar-refractivity contribution in [2.24, 2.45) is 0 Å². The van der Waals surface area contributed by atoms with Crippen molar-refractivity contribution in [1.29, 1.82) is 0 Å². The topological polar surface area (TPSA) is 96.5 Å². The van der Waals surface area contributed by atoms with Gasteiger partial charge in [0.1, 0.15) is 0 Å². The Morgan fingerprint density at radius 3 is 2.43 bits per heavy atom. The molecule has 0 bridgehead atoms. The minimum absolute atomic E-state index is 0.0187. The van der Waals surface area contributed by atoms with E-state index in [1.165, 1.54) is 6.08 Å². The predicted octanol–water partition coefficient (Wildman–Crippen LogP) is 1.52. The van der Waals surface area contributed by atoms with Crippen molar-refractivity contribution in [1.82, 2.24) is 10.6 Å². The van der Waals surface area contributed by atoms with Gasteiger partial charge in [0.05, 0.1) is 13.2 Å². The summed E-state index contributed by atoms with van der Waals surface area (Å²) in [5.74, 6) is -0.820. The standard InChI is InChI=1S/C16H21N3O4/c1-3-17-16(22)19-14(20)11-18-13-8-5-12(6-9-13)7-10-15(21)23-4-2/h5-10,18H,3-4,11H2,1-2H3,(H2,17,19,20,22)/b10-7+. The smallest absolute Gasteiger partial charge is 0.330 e. The first-order valence-electron chi connectivity index (χ1n) is 7.31. The average molecular weight is 319 g/mol. The van der Waals surface area contributed by atoms with E-state index < -0.39 is 17.9 Å². The third kappa shape index (κ3) is 7.66. The maximum absolute atomic E-state index is 11.5. The Bertz CT molecular complexity index is 567. The van der Waals surface area contributed by atoms with E-state index in [4.69, 9.17) is 4.74 Å². The van der Waals surface area contributed by atoms with Crippen LogP contribution in [0.3, 0.4) is 0 Å². The number of benzene rings is 1. The van der Waals surface area contributed by atoms with E-state index in [1.807, 2.05) is 0 Å². The number of esters is 1. The summed E-state index contributed by atoms with van der Waals surface area (Å²) in [5.41, 5.74) is 1.56. The predicted molar refractivity (Wildman–Crippen MR) is 87.8 cm³/mol. The van der Waals surface area contributed by atoms with Gasteiger partial charge >= 0.3 is 12.0 Å². The Labute approximate surface area is 135 Å². The van der Waals surface area contributed by atoms with Gasteiger partial charge in [0, 0.05) is 18.3 Å². The van der Waals surface area contributed by atoms with Gasteiger partial charge in [-0.3, -0.25) is 10.1 Å². The van der Waals surface area contributed by atoms with Gasteiger partial charge in [-0.15, -0.1) is 0 Å². The number of nitrogens with one attached hydrogen (secondary N) is 3. The van der Waals surface area contributed by atoms with Crippen LogP contribution in [0, 0.1) is 0 Å². The van der Waals surface area contributed by atoms with Gasteiger partial charge in [0.25, 0.3) is 0 Å². The lowest BCUT2D eigenvalue weighted by atomic mass is 10.2. The summed E-state index contributed by atoms with van der Waals surface area (Å²) in [7, 11) is 0. The van der Waals surface area contributed by atoms with E-state index >= 15 is 0 Å². The molecule has 1 aromatic carbocycles.